The minimum Gasteiger partial charge on any atom is -0.372 e. The standard InChI is InChI=1S/C15H15BrN2O2/c1-10-7-12(16)4-5-13(10)18-8-11(9-19)15(17-18)14-3-2-6-20-14/h4-5,7-9,14H,2-3,6H2,1H3. The maximum absolute atomic E-state index is 11.3. The quantitative estimate of drug-likeness (QED) is 0.805. The van der Waals surface area contributed by atoms with Crippen molar-refractivity contribution in [2.24, 2.45) is 0 Å². The number of carbonyl (C=O) groups excluding carboxylic acids is 1. The van der Waals surface area contributed by atoms with E-state index in [0.717, 1.165) is 47.2 Å². The molecule has 1 saturated heterocycles. The molecule has 1 atom stereocenters. The number of rotatable bonds is 3. The largest absolute Gasteiger partial charge is 0.372 e. The van der Waals surface area contributed by atoms with Crippen LogP contribution in [0.15, 0.2) is 28.9 Å². The van der Waals surface area contributed by atoms with Crippen LogP contribution in [0.1, 0.15) is 40.6 Å². The van der Waals surface area contributed by atoms with Gasteiger partial charge in [0.1, 0.15) is 11.8 Å². The molecule has 1 fully saturated rings. The topological polar surface area (TPSA) is 44.1 Å². The van der Waals surface area contributed by atoms with Crippen LogP contribution < -0.4 is 0 Å². The molecule has 1 aliphatic rings. The lowest BCUT2D eigenvalue weighted by Gasteiger charge is -2.08. The van der Waals surface area contributed by atoms with Crippen LogP contribution in [0.4, 0.5) is 0 Å². The Bertz CT molecular complexity index is 645. The van der Waals surface area contributed by atoms with E-state index in [0.29, 0.717) is 5.56 Å². The Hall–Kier alpha value is -1.46. The molecule has 20 heavy (non-hydrogen) atoms. The minimum absolute atomic E-state index is 0.0489. The molecule has 0 saturated carbocycles. The van der Waals surface area contributed by atoms with Crippen molar-refractivity contribution in [1.82, 2.24) is 9.78 Å². The lowest BCUT2D eigenvalue weighted by Crippen LogP contribution is -2.02. The number of benzene rings is 1. The minimum atomic E-state index is -0.0489. The maximum Gasteiger partial charge on any atom is 0.153 e. The zero-order valence-corrected chi connectivity index (χ0v) is 12.8. The lowest BCUT2D eigenvalue weighted by molar-refractivity contribution is 0.104. The van der Waals surface area contributed by atoms with Crippen LogP contribution in [-0.2, 0) is 4.74 Å². The molecule has 3 rings (SSSR count). The van der Waals surface area contributed by atoms with Crippen LogP contribution in [0.3, 0.4) is 0 Å². The molecule has 1 unspecified atom stereocenters. The number of hydrogen-bond acceptors (Lipinski definition) is 3. The normalized spacial score (nSPS) is 18.4. The molecule has 1 aromatic carbocycles. The van der Waals surface area contributed by atoms with Gasteiger partial charge in [0.25, 0.3) is 0 Å². The van der Waals surface area contributed by atoms with E-state index < -0.39 is 0 Å². The first-order chi connectivity index (χ1) is 9.69. The van der Waals surface area contributed by atoms with Crippen LogP contribution in [-0.4, -0.2) is 22.7 Å². The van der Waals surface area contributed by atoms with E-state index in [1.165, 1.54) is 0 Å². The molecule has 0 spiro atoms. The predicted molar refractivity (Wildman–Crippen MR) is 79.3 cm³/mol. The number of aromatic nitrogens is 2. The third-order valence-electron chi connectivity index (χ3n) is 3.54. The van der Waals surface area contributed by atoms with Gasteiger partial charge in [0, 0.05) is 17.3 Å². The molecule has 1 aliphatic heterocycles. The van der Waals surface area contributed by atoms with Gasteiger partial charge in [0.2, 0.25) is 0 Å². The molecule has 0 N–H and O–H groups in total. The highest BCUT2D eigenvalue weighted by molar-refractivity contribution is 9.10. The van der Waals surface area contributed by atoms with Gasteiger partial charge in [-0.1, -0.05) is 15.9 Å². The van der Waals surface area contributed by atoms with Gasteiger partial charge in [0.15, 0.2) is 6.29 Å². The van der Waals surface area contributed by atoms with Crippen molar-refractivity contribution >= 4 is 22.2 Å². The van der Waals surface area contributed by atoms with Gasteiger partial charge < -0.3 is 4.74 Å². The Morgan fingerprint density at radius 1 is 1.50 bits per heavy atom. The van der Waals surface area contributed by atoms with Crippen LogP contribution in [0.25, 0.3) is 5.69 Å². The van der Waals surface area contributed by atoms with Crippen molar-refractivity contribution in [2.75, 3.05) is 6.61 Å². The van der Waals surface area contributed by atoms with Gasteiger partial charge in [-0.3, -0.25) is 4.79 Å². The summed E-state index contributed by atoms with van der Waals surface area (Å²) in [6, 6.07) is 5.99. The van der Waals surface area contributed by atoms with Crippen molar-refractivity contribution < 1.29 is 9.53 Å². The second-order valence-electron chi connectivity index (χ2n) is 4.96. The summed E-state index contributed by atoms with van der Waals surface area (Å²) in [5.74, 6) is 0. The Balaban J connectivity index is 2.04. The number of carbonyl (C=O) groups is 1. The van der Waals surface area contributed by atoms with Gasteiger partial charge in [-0.2, -0.15) is 5.10 Å². The Kier molecular flexibility index (Phi) is 3.72. The number of nitrogens with zero attached hydrogens (tertiary/aromatic N) is 2. The molecule has 0 radical (unpaired) electrons. The van der Waals surface area contributed by atoms with E-state index in [1.807, 2.05) is 25.1 Å². The SMILES string of the molecule is Cc1cc(Br)ccc1-n1cc(C=O)c(C2CCCO2)n1. The number of ether oxygens (including phenoxy) is 1. The molecule has 0 aliphatic carbocycles. The van der Waals surface area contributed by atoms with E-state index in [2.05, 4.69) is 21.0 Å². The number of hydrogen-bond donors (Lipinski definition) is 0. The molecule has 2 aromatic rings. The first-order valence-corrected chi connectivity index (χ1v) is 7.41. The number of aryl methyl sites for hydroxylation is 1. The summed E-state index contributed by atoms with van der Waals surface area (Å²) >= 11 is 3.45. The Morgan fingerprint density at radius 3 is 3.00 bits per heavy atom. The summed E-state index contributed by atoms with van der Waals surface area (Å²) < 4.78 is 8.43. The van der Waals surface area contributed by atoms with Crippen LogP contribution in [0.5, 0.6) is 0 Å². The molecule has 0 amide bonds. The molecule has 0 bridgehead atoms. The van der Waals surface area contributed by atoms with Gasteiger partial charge >= 0.3 is 0 Å². The average Bonchev–Trinajstić information content (AvgIpc) is 3.07. The lowest BCUT2D eigenvalue weighted by atomic mass is 10.1. The summed E-state index contributed by atoms with van der Waals surface area (Å²) in [5, 5.41) is 4.57. The third-order valence-corrected chi connectivity index (χ3v) is 4.03. The first kappa shape index (κ1) is 13.5. The highest BCUT2D eigenvalue weighted by Crippen LogP contribution is 2.30. The Morgan fingerprint density at radius 2 is 2.35 bits per heavy atom. The fourth-order valence-corrected chi connectivity index (χ4v) is 3.01. The van der Waals surface area contributed by atoms with Gasteiger partial charge in [-0.05, 0) is 43.5 Å². The van der Waals surface area contributed by atoms with Crippen molar-refractivity contribution in [3.05, 3.63) is 45.7 Å². The molecular formula is C15H15BrN2O2. The van der Waals surface area contributed by atoms with Gasteiger partial charge in [-0.15, -0.1) is 0 Å². The van der Waals surface area contributed by atoms with Crippen LogP contribution in [0.2, 0.25) is 0 Å². The predicted octanol–water partition coefficient (Wildman–Crippen LogP) is 3.61. The first-order valence-electron chi connectivity index (χ1n) is 6.62. The second kappa shape index (κ2) is 5.50. The highest BCUT2D eigenvalue weighted by atomic mass is 79.9. The van der Waals surface area contributed by atoms with E-state index in [9.17, 15) is 4.79 Å². The summed E-state index contributed by atoms with van der Waals surface area (Å²) in [4.78, 5) is 11.3. The average molecular weight is 335 g/mol. The monoisotopic (exact) mass is 334 g/mol. The van der Waals surface area contributed by atoms with E-state index >= 15 is 0 Å². The van der Waals surface area contributed by atoms with Crippen LogP contribution in [0, 0.1) is 6.92 Å². The molecule has 2 heterocycles. The van der Waals surface area contributed by atoms with Crippen molar-refractivity contribution in [2.45, 2.75) is 25.9 Å². The fraction of sp³-hybridized carbons (Fsp3) is 0.333. The summed E-state index contributed by atoms with van der Waals surface area (Å²) in [7, 11) is 0. The van der Waals surface area contributed by atoms with Crippen molar-refractivity contribution in [3.63, 3.8) is 0 Å². The molecular weight excluding hydrogens is 320 g/mol. The summed E-state index contributed by atoms with van der Waals surface area (Å²) in [6.07, 6.45) is 4.53. The van der Waals surface area contributed by atoms with E-state index in [1.54, 1.807) is 10.9 Å². The number of halogens is 1. The van der Waals surface area contributed by atoms with Crippen molar-refractivity contribution in [1.29, 1.82) is 0 Å². The van der Waals surface area contributed by atoms with Crippen molar-refractivity contribution in [3.8, 4) is 5.69 Å². The number of aldehydes is 1. The zero-order chi connectivity index (χ0) is 14.1. The molecule has 1 aromatic heterocycles. The zero-order valence-electron chi connectivity index (χ0n) is 11.2. The summed E-state index contributed by atoms with van der Waals surface area (Å²) in [5.41, 5.74) is 3.43. The van der Waals surface area contributed by atoms with Gasteiger partial charge in [0.05, 0.1) is 11.3 Å². The third kappa shape index (κ3) is 2.43. The molecule has 4 nitrogen and oxygen atoms in total. The Labute approximate surface area is 125 Å². The summed E-state index contributed by atoms with van der Waals surface area (Å²) in [6.45, 7) is 2.77. The highest BCUT2D eigenvalue weighted by Gasteiger charge is 2.24. The molecule has 104 valence electrons. The maximum atomic E-state index is 11.3. The second-order valence-corrected chi connectivity index (χ2v) is 5.88. The van der Waals surface area contributed by atoms with Gasteiger partial charge in [-0.25, -0.2) is 4.68 Å². The fourth-order valence-electron chi connectivity index (χ4n) is 2.53. The molecule has 5 heteroatoms. The smallest absolute Gasteiger partial charge is 0.153 e. The van der Waals surface area contributed by atoms with Crippen LogP contribution >= 0.6 is 15.9 Å². The van der Waals surface area contributed by atoms with E-state index in [4.69, 9.17) is 4.74 Å². The van der Waals surface area contributed by atoms with E-state index in [-0.39, 0.29) is 6.10 Å².